The fourth-order valence-electron chi connectivity index (χ4n) is 2.86. The van der Waals surface area contributed by atoms with Crippen molar-refractivity contribution >= 4 is 34.8 Å². The van der Waals surface area contributed by atoms with E-state index in [1.807, 2.05) is 50.2 Å². The number of anilines is 2. The molecule has 0 radical (unpaired) electrons. The molecule has 1 aliphatic carbocycles. The summed E-state index contributed by atoms with van der Waals surface area (Å²) >= 11 is 6.07. The molecular formula is C20H21ClN2O2. The summed E-state index contributed by atoms with van der Waals surface area (Å²) in [5.41, 5.74) is 3.53. The summed E-state index contributed by atoms with van der Waals surface area (Å²) < 4.78 is 0. The van der Waals surface area contributed by atoms with Crippen LogP contribution in [0.4, 0.5) is 11.4 Å². The van der Waals surface area contributed by atoms with Gasteiger partial charge in [0.25, 0.3) is 0 Å². The van der Waals surface area contributed by atoms with Gasteiger partial charge in [0.2, 0.25) is 11.8 Å². The Morgan fingerprint density at radius 3 is 2.44 bits per heavy atom. The van der Waals surface area contributed by atoms with Gasteiger partial charge in [-0.05, 0) is 49.1 Å². The van der Waals surface area contributed by atoms with Crippen molar-refractivity contribution in [3.63, 3.8) is 0 Å². The Morgan fingerprint density at radius 1 is 1.08 bits per heavy atom. The van der Waals surface area contributed by atoms with Gasteiger partial charge in [-0.1, -0.05) is 42.8 Å². The molecule has 3 rings (SSSR count). The Balaban J connectivity index is 1.58. The van der Waals surface area contributed by atoms with E-state index in [1.54, 1.807) is 6.07 Å². The zero-order valence-electron chi connectivity index (χ0n) is 14.3. The molecule has 1 saturated carbocycles. The first-order valence-corrected chi connectivity index (χ1v) is 8.83. The SMILES string of the molecule is CCc1ccccc1NC(=O)C1CC1C(=O)Nc1ccc(C)c(Cl)c1. The predicted molar refractivity (Wildman–Crippen MR) is 101 cm³/mol. The van der Waals surface area contributed by atoms with Crippen molar-refractivity contribution in [1.29, 1.82) is 0 Å². The molecule has 0 bridgehead atoms. The van der Waals surface area contributed by atoms with Crippen LogP contribution in [0, 0.1) is 18.8 Å². The highest BCUT2D eigenvalue weighted by Crippen LogP contribution is 2.40. The molecule has 0 spiro atoms. The Morgan fingerprint density at radius 2 is 1.76 bits per heavy atom. The molecule has 1 aliphatic rings. The van der Waals surface area contributed by atoms with E-state index in [1.165, 1.54) is 0 Å². The van der Waals surface area contributed by atoms with E-state index in [0.717, 1.165) is 23.2 Å². The number of benzene rings is 2. The van der Waals surface area contributed by atoms with E-state index in [-0.39, 0.29) is 23.7 Å². The minimum Gasteiger partial charge on any atom is -0.326 e. The number of hydrogen-bond donors (Lipinski definition) is 2. The molecule has 130 valence electrons. The third kappa shape index (κ3) is 4.02. The second kappa shape index (κ2) is 7.28. The number of carbonyl (C=O) groups excluding carboxylic acids is 2. The standard InChI is InChI=1S/C20H21ClN2O2/c1-3-13-6-4-5-7-18(13)23-20(25)16-11-15(16)19(24)22-14-9-8-12(2)17(21)10-14/h4-10,15-16H,3,11H2,1-2H3,(H,22,24)(H,23,25). The Kier molecular flexibility index (Phi) is 5.09. The smallest absolute Gasteiger partial charge is 0.228 e. The lowest BCUT2D eigenvalue weighted by molar-refractivity contribution is -0.122. The van der Waals surface area contributed by atoms with Crippen LogP contribution >= 0.6 is 11.6 Å². The minimum atomic E-state index is -0.283. The summed E-state index contributed by atoms with van der Waals surface area (Å²) in [5.74, 6) is -0.786. The maximum absolute atomic E-state index is 12.4. The number of rotatable bonds is 5. The molecule has 4 nitrogen and oxygen atoms in total. The van der Waals surface area contributed by atoms with Crippen LogP contribution in [-0.2, 0) is 16.0 Å². The molecule has 0 aliphatic heterocycles. The van der Waals surface area contributed by atoms with E-state index in [2.05, 4.69) is 10.6 Å². The molecule has 2 amide bonds. The fourth-order valence-corrected chi connectivity index (χ4v) is 3.04. The lowest BCUT2D eigenvalue weighted by Crippen LogP contribution is -2.21. The van der Waals surface area contributed by atoms with E-state index >= 15 is 0 Å². The Labute approximate surface area is 152 Å². The van der Waals surface area contributed by atoms with Crippen molar-refractivity contribution < 1.29 is 9.59 Å². The van der Waals surface area contributed by atoms with Gasteiger partial charge in [0.1, 0.15) is 0 Å². The topological polar surface area (TPSA) is 58.2 Å². The number of nitrogens with one attached hydrogen (secondary N) is 2. The molecular weight excluding hydrogens is 336 g/mol. The van der Waals surface area contributed by atoms with Gasteiger partial charge >= 0.3 is 0 Å². The lowest BCUT2D eigenvalue weighted by Gasteiger charge is -2.10. The molecule has 0 aromatic heterocycles. The number of para-hydroxylation sites is 1. The highest BCUT2D eigenvalue weighted by molar-refractivity contribution is 6.31. The Bertz CT molecular complexity index is 819. The molecule has 1 fully saturated rings. The lowest BCUT2D eigenvalue weighted by atomic mass is 10.1. The zero-order valence-corrected chi connectivity index (χ0v) is 15.1. The summed E-state index contributed by atoms with van der Waals surface area (Å²) in [4.78, 5) is 24.7. The molecule has 5 heteroatoms. The van der Waals surface area contributed by atoms with Crippen molar-refractivity contribution in [3.05, 3.63) is 58.6 Å². The van der Waals surface area contributed by atoms with Crippen molar-refractivity contribution in [3.8, 4) is 0 Å². The maximum Gasteiger partial charge on any atom is 0.228 e. The van der Waals surface area contributed by atoms with E-state index < -0.39 is 0 Å². The molecule has 2 N–H and O–H groups in total. The number of hydrogen-bond acceptors (Lipinski definition) is 2. The van der Waals surface area contributed by atoms with Crippen LogP contribution < -0.4 is 10.6 Å². The fraction of sp³-hybridized carbons (Fsp3) is 0.300. The second-order valence-corrected chi connectivity index (χ2v) is 6.81. The monoisotopic (exact) mass is 356 g/mol. The highest BCUT2D eigenvalue weighted by atomic mass is 35.5. The van der Waals surface area contributed by atoms with Gasteiger partial charge in [0, 0.05) is 16.4 Å². The van der Waals surface area contributed by atoms with Crippen molar-refractivity contribution in [2.24, 2.45) is 11.8 Å². The van der Waals surface area contributed by atoms with Crippen LogP contribution in [0.25, 0.3) is 0 Å². The van der Waals surface area contributed by atoms with E-state index in [0.29, 0.717) is 17.1 Å². The van der Waals surface area contributed by atoms with Gasteiger partial charge in [-0.25, -0.2) is 0 Å². The van der Waals surface area contributed by atoms with Crippen molar-refractivity contribution in [1.82, 2.24) is 0 Å². The molecule has 0 heterocycles. The van der Waals surface area contributed by atoms with Crippen LogP contribution in [-0.4, -0.2) is 11.8 Å². The van der Waals surface area contributed by atoms with Gasteiger partial charge in [0.05, 0.1) is 11.8 Å². The van der Waals surface area contributed by atoms with Crippen LogP contribution in [0.3, 0.4) is 0 Å². The first-order chi connectivity index (χ1) is 12.0. The second-order valence-electron chi connectivity index (χ2n) is 6.40. The van der Waals surface area contributed by atoms with Gasteiger partial charge in [-0.3, -0.25) is 9.59 Å². The summed E-state index contributed by atoms with van der Waals surface area (Å²) in [6.07, 6.45) is 1.42. The van der Waals surface area contributed by atoms with Gasteiger partial charge < -0.3 is 10.6 Å². The van der Waals surface area contributed by atoms with E-state index in [4.69, 9.17) is 11.6 Å². The van der Waals surface area contributed by atoms with Crippen LogP contribution in [0.2, 0.25) is 5.02 Å². The average Bonchev–Trinajstić information content (AvgIpc) is 3.39. The summed E-state index contributed by atoms with van der Waals surface area (Å²) in [6, 6.07) is 13.1. The minimum absolute atomic E-state index is 0.0945. The molecule has 2 atom stereocenters. The average molecular weight is 357 g/mol. The van der Waals surface area contributed by atoms with Crippen LogP contribution in [0.5, 0.6) is 0 Å². The van der Waals surface area contributed by atoms with Crippen molar-refractivity contribution in [2.45, 2.75) is 26.7 Å². The van der Waals surface area contributed by atoms with Crippen LogP contribution in [0.1, 0.15) is 24.5 Å². The zero-order chi connectivity index (χ0) is 18.0. The normalized spacial score (nSPS) is 18.5. The van der Waals surface area contributed by atoms with Gasteiger partial charge in [0.15, 0.2) is 0 Å². The predicted octanol–water partition coefficient (Wildman–Crippen LogP) is 4.42. The maximum atomic E-state index is 12.4. The first-order valence-electron chi connectivity index (χ1n) is 8.45. The number of carbonyl (C=O) groups is 2. The Hall–Kier alpha value is -2.33. The largest absolute Gasteiger partial charge is 0.326 e. The third-order valence-corrected chi connectivity index (χ3v) is 4.97. The number of amides is 2. The van der Waals surface area contributed by atoms with Gasteiger partial charge in [-0.2, -0.15) is 0 Å². The van der Waals surface area contributed by atoms with Crippen molar-refractivity contribution in [2.75, 3.05) is 10.6 Å². The molecule has 2 unspecified atom stereocenters. The third-order valence-electron chi connectivity index (χ3n) is 4.56. The van der Waals surface area contributed by atoms with Gasteiger partial charge in [-0.15, -0.1) is 0 Å². The molecule has 2 aromatic rings. The molecule has 0 saturated heterocycles. The summed E-state index contributed by atoms with van der Waals surface area (Å²) in [5, 5.41) is 6.40. The highest BCUT2D eigenvalue weighted by Gasteiger charge is 2.48. The number of halogens is 1. The quantitative estimate of drug-likeness (QED) is 0.832. The summed E-state index contributed by atoms with van der Waals surface area (Å²) in [6.45, 7) is 3.95. The first kappa shape index (κ1) is 17.5. The number of aryl methyl sites for hydroxylation is 2. The molecule has 25 heavy (non-hydrogen) atoms. The van der Waals surface area contributed by atoms with E-state index in [9.17, 15) is 9.59 Å². The van der Waals surface area contributed by atoms with Crippen LogP contribution in [0.15, 0.2) is 42.5 Å². The summed E-state index contributed by atoms with van der Waals surface area (Å²) in [7, 11) is 0. The molecule has 2 aromatic carbocycles.